The Hall–Kier alpha value is -2.56. The molecule has 1 aromatic carbocycles. The molecule has 3 rings (SSSR count). The molecule has 5 heteroatoms. The highest BCUT2D eigenvalue weighted by Crippen LogP contribution is 2.34. The van der Waals surface area contributed by atoms with Crippen LogP contribution in [0, 0.1) is 13.8 Å². The molecule has 2 aromatic rings. The van der Waals surface area contributed by atoms with E-state index in [1.165, 1.54) is 11.1 Å². The molecule has 1 aromatic heterocycles. The fourth-order valence-corrected chi connectivity index (χ4v) is 3.95. The number of urea groups is 1. The third-order valence-corrected chi connectivity index (χ3v) is 5.43. The number of aryl methyl sites for hydroxylation is 1. The number of hydrogen-bond donors (Lipinski definition) is 2. The van der Waals surface area contributed by atoms with Crippen LogP contribution in [-0.2, 0) is 5.41 Å². The van der Waals surface area contributed by atoms with Gasteiger partial charge in [-0.25, -0.2) is 9.48 Å². The van der Waals surface area contributed by atoms with Crippen LogP contribution < -0.4 is 10.6 Å². The van der Waals surface area contributed by atoms with Crippen molar-refractivity contribution in [2.24, 2.45) is 0 Å². The van der Waals surface area contributed by atoms with Gasteiger partial charge in [-0.3, -0.25) is 0 Å². The van der Waals surface area contributed by atoms with Gasteiger partial charge in [0, 0.05) is 29.8 Å². The van der Waals surface area contributed by atoms with Crippen LogP contribution in [0.3, 0.4) is 0 Å². The van der Waals surface area contributed by atoms with Gasteiger partial charge in [-0.1, -0.05) is 45.1 Å². The molecule has 0 saturated heterocycles. The maximum atomic E-state index is 11.8. The maximum Gasteiger partial charge on any atom is 0.315 e. The molecule has 0 spiro atoms. The number of hydrogen-bond acceptors (Lipinski definition) is 2. The van der Waals surface area contributed by atoms with Crippen molar-refractivity contribution in [3.8, 4) is 5.69 Å². The Labute approximate surface area is 168 Å². The maximum absolute atomic E-state index is 11.8. The number of aromatic nitrogens is 2. The van der Waals surface area contributed by atoms with E-state index in [0.29, 0.717) is 6.54 Å². The van der Waals surface area contributed by atoms with E-state index in [4.69, 9.17) is 5.10 Å². The first-order valence-corrected chi connectivity index (χ1v) is 10.1. The van der Waals surface area contributed by atoms with E-state index in [9.17, 15) is 4.79 Å². The van der Waals surface area contributed by atoms with Gasteiger partial charge in [0.25, 0.3) is 0 Å². The van der Waals surface area contributed by atoms with Crippen molar-refractivity contribution in [2.45, 2.75) is 65.3 Å². The third-order valence-electron chi connectivity index (χ3n) is 5.43. The standard InChI is InChI=1S/C23H32N4O/c1-7-24-22(28)25-19-11-8-17(14-19)21-15(2)26-27(16(21)3)20-12-9-18(10-13-20)23(4,5)6/h8-13,17,19H,7,14H2,1-6H3,(H2,24,25,28)/t17-,19-/m1/s1. The Morgan fingerprint density at radius 3 is 2.46 bits per heavy atom. The zero-order valence-corrected chi connectivity index (χ0v) is 17.8. The van der Waals surface area contributed by atoms with Crippen molar-refractivity contribution < 1.29 is 4.79 Å². The van der Waals surface area contributed by atoms with E-state index < -0.39 is 0 Å². The van der Waals surface area contributed by atoms with Gasteiger partial charge in [-0.15, -0.1) is 0 Å². The molecule has 0 unspecified atom stereocenters. The second kappa shape index (κ2) is 7.82. The lowest BCUT2D eigenvalue weighted by molar-refractivity contribution is 0.239. The number of allylic oxidation sites excluding steroid dienone is 1. The second-order valence-electron chi connectivity index (χ2n) is 8.63. The fourth-order valence-electron chi connectivity index (χ4n) is 3.95. The first kappa shape index (κ1) is 20.2. The molecule has 150 valence electrons. The van der Waals surface area contributed by atoms with Gasteiger partial charge in [0.2, 0.25) is 0 Å². The van der Waals surface area contributed by atoms with Crippen LogP contribution in [0.4, 0.5) is 4.79 Å². The molecular formula is C23H32N4O. The SMILES string of the molecule is CCNC(=O)N[C@@H]1C=C[C@@H](c2c(C)nn(-c3ccc(C(C)(C)C)cc3)c2C)C1. The molecule has 1 aliphatic rings. The average molecular weight is 381 g/mol. The highest BCUT2D eigenvalue weighted by molar-refractivity contribution is 5.74. The van der Waals surface area contributed by atoms with Gasteiger partial charge in [0.15, 0.2) is 0 Å². The topological polar surface area (TPSA) is 59.0 Å². The largest absolute Gasteiger partial charge is 0.338 e. The zero-order valence-electron chi connectivity index (χ0n) is 17.8. The Bertz CT molecular complexity index is 871. The van der Waals surface area contributed by atoms with E-state index in [-0.39, 0.29) is 23.4 Å². The smallest absolute Gasteiger partial charge is 0.315 e. The van der Waals surface area contributed by atoms with Crippen molar-refractivity contribution >= 4 is 6.03 Å². The van der Waals surface area contributed by atoms with Crippen LogP contribution >= 0.6 is 0 Å². The summed E-state index contributed by atoms with van der Waals surface area (Å²) in [4.78, 5) is 11.8. The van der Waals surface area contributed by atoms with Crippen molar-refractivity contribution in [1.82, 2.24) is 20.4 Å². The summed E-state index contributed by atoms with van der Waals surface area (Å²) in [6.07, 6.45) is 5.16. The van der Waals surface area contributed by atoms with Crippen LogP contribution in [0.25, 0.3) is 5.69 Å². The molecule has 0 saturated carbocycles. The molecule has 0 fully saturated rings. The normalized spacial score (nSPS) is 19.1. The van der Waals surface area contributed by atoms with Crippen molar-refractivity contribution in [3.63, 3.8) is 0 Å². The van der Waals surface area contributed by atoms with Crippen LogP contribution in [0.15, 0.2) is 36.4 Å². The van der Waals surface area contributed by atoms with Gasteiger partial charge in [0.05, 0.1) is 11.4 Å². The summed E-state index contributed by atoms with van der Waals surface area (Å²) in [5.41, 5.74) is 6.01. The van der Waals surface area contributed by atoms with E-state index in [1.807, 2.05) is 11.6 Å². The molecule has 2 amide bonds. The lowest BCUT2D eigenvalue weighted by Gasteiger charge is -2.19. The molecule has 1 aliphatic carbocycles. The predicted molar refractivity (Wildman–Crippen MR) is 114 cm³/mol. The fraction of sp³-hybridized carbons (Fsp3) is 0.478. The summed E-state index contributed by atoms with van der Waals surface area (Å²) in [5, 5.41) is 10.6. The molecule has 0 bridgehead atoms. The van der Waals surface area contributed by atoms with Crippen LogP contribution in [0.1, 0.15) is 62.5 Å². The first-order valence-electron chi connectivity index (χ1n) is 10.1. The number of benzene rings is 1. The van der Waals surface area contributed by atoms with E-state index in [2.05, 4.69) is 81.7 Å². The second-order valence-corrected chi connectivity index (χ2v) is 8.63. The summed E-state index contributed by atoms with van der Waals surface area (Å²) in [5.74, 6) is 0.273. The molecular weight excluding hydrogens is 348 g/mol. The van der Waals surface area contributed by atoms with E-state index in [0.717, 1.165) is 23.5 Å². The summed E-state index contributed by atoms with van der Waals surface area (Å²) >= 11 is 0. The minimum absolute atomic E-state index is 0.0600. The Balaban J connectivity index is 1.80. The Morgan fingerprint density at radius 2 is 1.86 bits per heavy atom. The first-order chi connectivity index (χ1) is 13.2. The molecule has 1 heterocycles. The molecule has 2 atom stereocenters. The number of carbonyl (C=O) groups is 1. The summed E-state index contributed by atoms with van der Waals surface area (Å²) in [6.45, 7) is 13.4. The number of nitrogens with zero attached hydrogens (tertiary/aromatic N) is 2. The quantitative estimate of drug-likeness (QED) is 0.766. The Kier molecular flexibility index (Phi) is 5.64. The predicted octanol–water partition coefficient (Wildman–Crippen LogP) is 4.52. The van der Waals surface area contributed by atoms with E-state index >= 15 is 0 Å². The lowest BCUT2D eigenvalue weighted by Crippen LogP contribution is -2.40. The van der Waals surface area contributed by atoms with Gasteiger partial charge >= 0.3 is 6.03 Å². The average Bonchev–Trinajstić information content (AvgIpc) is 3.18. The molecule has 0 radical (unpaired) electrons. The van der Waals surface area contributed by atoms with Crippen LogP contribution in [0.2, 0.25) is 0 Å². The zero-order chi connectivity index (χ0) is 20.5. The van der Waals surface area contributed by atoms with E-state index in [1.54, 1.807) is 0 Å². The summed E-state index contributed by atoms with van der Waals surface area (Å²) in [6, 6.07) is 8.62. The van der Waals surface area contributed by atoms with Gasteiger partial charge < -0.3 is 10.6 Å². The third kappa shape index (κ3) is 4.13. The molecule has 28 heavy (non-hydrogen) atoms. The highest BCUT2D eigenvalue weighted by Gasteiger charge is 2.27. The number of rotatable bonds is 4. The lowest BCUT2D eigenvalue weighted by atomic mass is 9.87. The number of carbonyl (C=O) groups excluding carboxylic acids is 1. The van der Waals surface area contributed by atoms with Crippen LogP contribution in [0.5, 0.6) is 0 Å². The number of nitrogens with one attached hydrogen (secondary N) is 2. The van der Waals surface area contributed by atoms with Crippen molar-refractivity contribution in [2.75, 3.05) is 6.54 Å². The summed E-state index contributed by atoms with van der Waals surface area (Å²) < 4.78 is 2.04. The Morgan fingerprint density at radius 1 is 1.18 bits per heavy atom. The summed E-state index contributed by atoms with van der Waals surface area (Å²) in [7, 11) is 0. The van der Waals surface area contributed by atoms with Gasteiger partial charge in [-0.2, -0.15) is 5.10 Å². The highest BCUT2D eigenvalue weighted by atomic mass is 16.2. The van der Waals surface area contributed by atoms with Crippen molar-refractivity contribution in [1.29, 1.82) is 0 Å². The molecule has 5 nitrogen and oxygen atoms in total. The minimum Gasteiger partial charge on any atom is -0.338 e. The molecule has 2 N–H and O–H groups in total. The molecule has 0 aliphatic heterocycles. The van der Waals surface area contributed by atoms with Crippen LogP contribution in [-0.4, -0.2) is 28.4 Å². The van der Waals surface area contributed by atoms with Gasteiger partial charge in [0.1, 0.15) is 0 Å². The minimum atomic E-state index is -0.110. The monoisotopic (exact) mass is 380 g/mol. The van der Waals surface area contributed by atoms with Crippen molar-refractivity contribution in [3.05, 3.63) is 58.9 Å². The number of amides is 2. The van der Waals surface area contributed by atoms with Gasteiger partial charge in [-0.05, 0) is 50.3 Å².